The average Bonchev–Trinajstić information content (AvgIpc) is 1.88. The molecule has 2 heteroatoms. The van der Waals surface area contributed by atoms with Crippen LogP contribution in [0.2, 0.25) is 19.6 Å². The Bertz CT molecular complexity index is 200. The molecule has 10 heavy (non-hydrogen) atoms. The summed E-state index contributed by atoms with van der Waals surface area (Å²) in [7, 11) is -1.07. The maximum Gasteiger partial charge on any atom is 0.0777 e. The molecule has 0 saturated carbocycles. The number of rotatable bonds is 1. The zero-order valence-corrected chi connectivity index (χ0v) is 7.76. The zero-order valence-electron chi connectivity index (χ0n) is 6.76. The van der Waals surface area contributed by atoms with Gasteiger partial charge in [0.1, 0.15) is 0 Å². The van der Waals surface area contributed by atoms with Gasteiger partial charge in [0.05, 0.1) is 8.07 Å². The van der Waals surface area contributed by atoms with Gasteiger partial charge in [-0.05, 0) is 12.1 Å². The van der Waals surface area contributed by atoms with Gasteiger partial charge in [-0.1, -0.05) is 24.8 Å². The van der Waals surface area contributed by atoms with E-state index in [-0.39, 0.29) is 0 Å². The first-order chi connectivity index (χ1) is 4.61. The number of pyridine rings is 1. The van der Waals surface area contributed by atoms with E-state index in [0.29, 0.717) is 0 Å². The summed E-state index contributed by atoms with van der Waals surface area (Å²) in [4.78, 5) is 3.98. The standard InChI is InChI=1S/C8H13NSi/c1-10(2,3)8-4-6-9-7-5-8/h4-7H,1-3H3. The fourth-order valence-electron chi connectivity index (χ4n) is 0.852. The molecule has 0 amide bonds. The van der Waals surface area contributed by atoms with Crippen molar-refractivity contribution in [2.24, 2.45) is 0 Å². The van der Waals surface area contributed by atoms with Gasteiger partial charge in [0.25, 0.3) is 0 Å². The molecule has 0 fully saturated rings. The van der Waals surface area contributed by atoms with Crippen LogP contribution in [0.5, 0.6) is 0 Å². The van der Waals surface area contributed by atoms with Crippen LogP contribution in [0, 0.1) is 0 Å². The lowest BCUT2D eigenvalue weighted by atomic mass is 10.5. The van der Waals surface area contributed by atoms with Crippen molar-refractivity contribution >= 4 is 13.3 Å². The van der Waals surface area contributed by atoms with Gasteiger partial charge in [-0.15, -0.1) is 0 Å². The van der Waals surface area contributed by atoms with E-state index in [2.05, 4.69) is 36.8 Å². The Balaban J connectivity index is 2.97. The highest BCUT2D eigenvalue weighted by atomic mass is 28.3. The molecule has 1 rings (SSSR count). The molecule has 1 aromatic rings. The molecule has 0 bridgehead atoms. The number of hydrogen-bond acceptors (Lipinski definition) is 1. The minimum atomic E-state index is -1.07. The van der Waals surface area contributed by atoms with Crippen LogP contribution in [0.4, 0.5) is 0 Å². The molecule has 1 nitrogen and oxygen atoms in total. The first-order valence-corrected chi connectivity index (χ1v) is 7.01. The molecular formula is C8H13NSi. The number of aromatic nitrogens is 1. The van der Waals surface area contributed by atoms with Crippen molar-refractivity contribution in [3.8, 4) is 0 Å². The molecule has 0 saturated heterocycles. The summed E-state index contributed by atoms with van der Waals surface area (Å²) < 4.78 is 0. The molecule has 0 aliphatic heterocycles. The van der Waals surface area contributed by atoms with E-state index in [0.717, 1.165) is 0 Å². The zero-order chi connectivity index (χ0) is 7.61. The summed E-state index contributed by atoms with van der Waals surface area (Å²) in [5.74, 6) is 0. The van der Waals surface area contributed by atoms with Gasteiger partial charge in [0.2, 0.25) is 0 Å². The molecule has 0 aromatic carbocycles. The highest BCUT2D eigenvalue weighted by molar-refractivity contribution is 6.88. The first-order valence-electron chi connectivity index (χ1n) is 3.51. The predicted octanol–water partition coefficient (Wildman–Crippen LogP) is 1.63. The normalized spacial score (nSPS) is 11.5. The van der Waals surface area contributed by atoms with Crippen LogP contribution in [0.1, 0.15) is 0 Å². The SMILES string of the molecule is C[Si](C)(C)c1ccncc1. The number of hydrogen-bond donors (Lipinski definition) is 0. The van der Waals surface area contributed by atoms with Crippen LogP contribution in [0.3, 0.4) is 0 Å². The van der Waals surface area contributed by atoms with E-state index in [1.165, 1.54) is 5.19 Å². The second-order valence-corrected chi connectivity index (χ2v) is 8.56. The Morgan fingerprint density at radius 1 is 1.10 bits per heavy atom. The van der Waals surface area contributed by atoms with Gasteiger partial charge < -0.3 is 0 Å². The fraction of sp³-hybridized carbons (Fsp3) is 0.375. The van der Waals surface area contributed by atoms with Crippen molar-refractivity contribution in [2.45, 2.75) is 19.6 Å². The van der Waals surface area contributed by atoms with E-state index in [1.807, 2.05) is 12.4 Å². The highest BCUT2D eigenvalue weighted by Gasteiger charge is 2.14. The Kier molecular flexibility index (Phi) is 1.90. The molecule has 0 unspecified atom stereocenters. The maximum atomic E-state index is 3.98. The maximum absolute atomic E-state index is 3.98. The molecule has 0 N–H and O–H groups in total. The lowest BCUT2D eigenvalue weighted by molar-refractivity contribution is 1.34. The molecule has 0 atom stereocenters. The van der Waals surface area contributed by atoms with Crippen LogP contribution in [0.15, 0.2) is 24.5 Å². The largest absolute Gasteiger partial charge is 0.265 e. The third-order valence-corrected chi connectivity index (χ3v) is 3.61. The predicted molar refractivity (Wildman–Crippen MR) is 47.2 cm³/mol. The molecular weight excluding hydrogens is 138 g/mol. The topological polar surface area (TPSA) is 12.9 Å². The van der Waals surface area contributed by atoms with Crippen molar-refractivity contribution in [3.63, 3.8) is 0 Å². The summed E-state index contributed by atoms with van der Waals surface area (Å²) in [5, 5.41) is 1.47. The summed E-state index contributed by atoms with van der Waals surface area (Å²) in [6.45, 7) is 7.01. The summed E-state index contributed by atoms with van der Waals surface area (Å²) in [6, 6.07) is 4.23. The Labute approximate surface area is 63.1 Å². The van der Waals surface area contributed by atoms with E-state index in [4.69, 9.17) is 0 Å². The molecule has 0 spiro atoms. The van der Waals surface area contributed by atoms with Crippen molar-refractivity contribution in [1.82, 2.24) is 4.98 Å². The van der Waals surface area contributed by atoms with Gasteiger partial charge in [-0.25, -0.2) is 0 Å². The monoisotopic (exact) mass is 151 g/mol. The quantitative estimate of drug-likeness (QED) is 0.556. The van der Waals surface area contributed by atoms with Gasteiger partial charge in [-0.3, -0.25) is 4.98 Å². The van der Waals surface area contributed by atoms with Gasteiger partial charge in [0, 0.05) is 12.4 Å². The van der Waals surface area contributed by atoms with E-state index in [9.17, 15) is 0 Å². The molecule has 1 aromatic heterocycles. The summed E-state index contributed by atoms with van der Waals surface area (Å²) >= 11 is 0. The Morgan fingerprint density at radius 2 is 1.60 bits per heavy atom. The molecule has 54 valence electrons. The Morgan fingerprint density at radius 3 is 1.90 bits per heavy atom. The van der Waals surface area contributed by atoms with Crippen LogP contribution in [0.25, 0.3) is 0 Å². The van der Waals surface area contributed by atoms with Crippen molar-refractivity contribution in [2.75, 3.05) is 0 Å². The lowest BCUT2D eigenvalue weighted by Crippen LogP contribution is -2.37. The second kappa shape index (κ2) is 2.54. The molecule has 0 radical (unpaired) electrons. The third kappa shape index (κ3) is 1.67. The van der Waals surface area contributed by atoms with E-state index < -0.39 is 8.07 Å². The third-order valence-electron chi connectivity index (χ3n) is 1.55. The summed E-state index contributed by atoms with van der Waals surface area (Å²) in [5.41, 5.74) is 0. The summed E-state index contributed by atoms with van der Waals surface area (Å²) in [6.07, 6.45) is 3.74. The molecule has 0 aliphatic carbocycles. The van der Waals surface area contributed by atoms with Crippen LogP contribution in [-0.2, 0) is 0 Å². The molecule has 0 aliphatic rings. The van der Waals surface area contributed by atoms with Crippen molar-refractivity contribution < 1.29 is 0 Å². The molecule has 1 heterocycles. The van der Waals surface area contributed by atoms with Crippen molar-refractivity contribution in [1.29, 1.82) is 0 Å². The second-order valence-electron chi connectivity index (χ2n) is 3.49. The Hall–Kier alpha value is -0.633. The van der Waals surface area contributed by atoms with Gasteiger partial charge in [-0.2, -0.15) is 0 Å². The van der Waals surface area contributed by atoms with Gasteiger partial charge in [0.15, 0.2) is 0 Å². The van der Waals surface area contributed by atoms with Crippen LogP contribution in [-0.4, -0.2) is 13.1 Å². The highest BCUT2D eigenvalue weighted by Crippen LogP contribution is 1.99. The first kappa shape index (κ1) is 7.47. The fourth-order valence-corrected chi connectivity index (χ4v) is 2.00. The van der Waals surface area contributed by atoms with Gasteiger partial charge >= 0.3 is 0 Å². The smallest absolute Gasteiger partial charge is 0.0777 e. The van der Waals surface area contributed by atoms with E-state index in [1.54, 1.807) is 0 Å². The lowest BCUT2D eigenvalue weighted by Gasteiger charge is -2.14. The number of nitrogens with zero attached hydrogens (tertiary/aromatic N) is 1. The minimum absolute atomic E-state index is 1.07. The van der Waals surface area contributed by atoms with Crippen LogP contribution >= 0.6 is 0 Å². The van der Waals surface area contributed by atoms with Crippen molar-refractivity contribution in [3.05, 3.63) is 24.5 Å². The minimum Gasteiger partial charge on any atom is -0.265 e. The van der Waals surface area contributed by atoms with E-state index >= 15 is 0 Å². The average molecular weight is 151 g/mol. The van der Waals surface area contributed by atoms with Crippen LogP contribution < -0.4 is 5.19 Å².